The largest absolute Gasteiger partial charge is 0.385 e. The number of pyridine rings is 1. The number of nitrogens with one attached hydrogen (secondary N) is 1. The lowest BCUT2D eigenvalue weighted by atomic mass is 10.0. The number of nitrogens with two attached hydrogens (primary N) is 1. The van der Waals surface area contributed by atoms with Gasteiger partial charge in [0.15, 0.2) is 0 Å². The summed E-state index contributed by atoms with van der Waals surface area (Å²) in [5.74, 6) is 0.236. The molecule has 6 nitrogen and oxygen atoms in total. The van der Waals surface area contributed by atoms with E-state index in [9.17, 15) is 9.59 Å². The Kier molecular flexibility index (Phi) is 3.25. The molecule has 0 radical (unpaired) electrons. The number of rotatable bonds is 2. The van der Waals surface area contributed by atoms with E-state index in [1.165, 1.54) is 10.6 Å². The summed E-state index contributed by atoms with van der Waals surface area (Å²) in [5, 5.41) is 0. The second-order valence-corrected chi connectivity index (χ2v) is 4.72. The molecule has 0 fully saturated rings. The van der Waals surface area contributed by atoms with Crippen molar-refractivity contribution >= 4 is 5.82 Å². The first kappa shape index (κ1) is 13.1. The van der Waals surface area contributed by atoms with Crippen molar-refractivity contribution in [2.24, 2.45) is 0 Å². The quantitative estimate of drug-likeness (QED) is 0.840. The number of hydrogen-bond acceptors (Lipinski definition) is 4. The summed E-state index contributed by atoms with van der Waals surface area (Å²) in [4.78, 5) is 29.8. The van der Waals surface area contributed by atoms with Crippen molar-refractivity contribution in [2.45, 2.75) is 26.7 Å². The van der Waals surface area contributed by atoms with Crippen LogP contribution in [0.1, 0.15) is 31.0 Å². The van der Waals surface area contributed by atoms with Crippen molar-refractivity contribution in [1.29, 1.82) is 0 Å². The fourth-order valence-corrected chi connectivity index (χ4v) is 2.03. The zero-order chi connectivity index (χ0) is 14.2. The van der Waals surface area contributed by atoms with Crippen LogP contribution in [-0.4, -0.2) is 14.5 Å². The standard InChI is InChI=1S/C13H16N4O2/c1-7(2)11-12(8(3)4-5-15-11)17-9(14)6-10(18)16-13(17)19/h4-7H,14H2,1-3H3,(H,16,18,19). The van der Waals surface area contributed by atoms with Crippen LogP contribution in [-0.2, 0) is 0 Å². The van der Waals surface area contributed by atoms with E-state index in [0.717, 1.165) is 11.3 Å². The zero-order valence-corrected chi connectivity index (χ0v) is 11.1. The summed E-state index contributed by atoms with van der Waals surface area (Å²) in [5.41, 5.74) is 7.02. The molecule has 2 heterocycles. The van der Waals surface area contributed by atoms with Crippen molar-refractivity contribution in [1.82, 2.24) is 14.5 Å². The third kappa shape index (κ3) is 2.29. The number of H-pyrrole nitrogens is 1. The van der Waals surface area contributed by atoms with Crippen LogP contribution in [0.25, 0.3) is 5.69 Å². The highest BCUT2D eigenvalue weighted by molar-refractivity contribution is 5.50. The maximum Gasteiger partial charge on any atom is 0.334 e. The Balaban J connectivity index is 2.87. The minimum absolute atomic E-state index is 0.103. The van der Waals surface area contributed by atoms with Crippen LogP contribution in [0.5, 0.6) is 0 Å². The second-order valence-electron chi connectivity index (χ2n) is 4.72. The smallest absolute Gasteiger partial charge is 0.334 e. The molecule has 0 aliphatic carbocycles. The topological polar surface area (TPSA) is 93.8 Å². The fraction of sp³-hybridized carbons (Fsp3) is 0.308. The Morgan fingerprint density at radius 2 is 2.05 bits per heavy atom. The normalized spacial score (nSPS) is 10.9. The van der Waals surface area contributed by atoms with Crippen LogP contribution in [0.3, 0.4) is 0 Å². The van der Waals surface area contributed by atoms with Crippen molar-refractivity contribution in [3.63, 3.8) is 0 Å². The summed E-state index contributed by atoms with van der Waals surface area (Å²) >= 11 is 0. The van der Waals surface area contributed by atoms with Crippen LogP contribution in [0.4, 0.5) is 5.82 Å². The van der Waals surface area contributed by atoms with Gasteiger partial charge < -0.3 is 5.73 Å². The van der Waals surface area contributed by atoms with Crippen molar-refractivity contribution < 1.29 is 0 Å². The summed E-state index contributed by atoms with van der Waals surface area (Å²) < 4.78 is 1.29. The van der Waals surface area contributed by atoms with E-state index in [-0.39, 0.29) is 11.7 Å². The number of nitrogen functional groups attached to an aromatic ring is 1. The van der Waals surface area contributed by atoms with Crippen LogP contribution in [0.15, 0.2) is 27.9 Å². The van der Waals surface area contributed by atoms with Crippen LogP contribution in [0, 0.1) is 6.92 Å². The summed E-state index contributed by atoms with van der Waals surface area (Å²) in [6, 6.07) is 3.00. The van der Waals surface area contributed by atoms with Gasteiger partial charge >= 0.3 is 5.69 Å². The maximum absolute atomic E-state index is 12.0. The number of aryl methyl sites for hydroxylation is 1. The first-order valence-corrected chi connectivity index (χ1v) is 5.99. The molecule has 2 aromatic rings. The molecule has 0 saturated heterocycles. The average Bonchev–Trinajstić information content (AvgIpc) is 2.29. The van der Waals surface area contributed by atoms with Gasteiger partial charge in [-0.25, -0.2) is 9.36 Å². The van der Waals surface area contributed by atoms with Gasteiger partial charge in [-0.3, -0.25) is 14.8 Å². The molecule has 0 spiro atoms. The third-order valence-corrected chi connectivity index (χ3v) is 2.90. The Bertz CT molecular complexity index is 728. The monoisotopic (exact) mass is 260 g/mol. The van der Waals surface area contributed by atoms with Crippen molar-refractivity contribution in [3.8, 4) is 5.69 Å². The van der Waals surface area contributed by atoms with Crippen molar-refractivity contribution in [3.05, 3.63) is 50.4 Å². The maximum atomic E-state index is 12.0. The van der Waals surface area contributed by atoms with E-state index < -0.39 is 11.2 Å². The highest BCUT2D eigenvalue weighted by Gasteiger charge is 2.16. The van der Waals surface area contributed by atoms with Gasteiger partial charge in [-0.05, 0) is 24.5 Å². The Morgan fingerprint density at radius 3 is 2.63 bits per heavy atom. The molecular formula is C13H16N4O2. The first-order valence-electron chi connectivity index (χ1n) is 5.99. The zero-order valence-electron chi connectivity index (χ0n) is 11.1. The molecule has 0 bridgehead atoms. The van der Waals surface area contributed by atoms with Gasteiger partial charge in [-0.15, -0.1) is 0 Å². The number of hydrogen-bond donors (Lipinski definition) is 2. The van der Waals surface area contributed by atoms with Gasteiger partial charge in [0.1, 0.15) is 5.82 Å². The molecule has 100 valence electrons. The summed E-state index contributed by atoms with van der Waals surface area (Å²) in [7, 11) is 0. The molecule has 0 aromatic carbocycles. The molecule has 2 aromatic heterocycles. The van der Waals surface area contributed by atoms with Crippen molar-refractivity contribution in [2.75, 3.05) is 5.73 Å². The highest BCUT2D eigenvalue weighted by Crippen LogP contribution is 2.23. The lowest BCUT2D eigenvalue weighted by Crippen LogP contribution is -2.31. The van der Waals surface area contributed by atoms with E-state index in [1.54, 1.807) is 12.3 Å². The Hall–Kier alpha value is -2.37. The molecule has 0 atom stereocenters. The van der Waals surface area contributed by atoms with Gasteiger partial charge in [0.25, 0.3) is 5.56 Å². The van der Waals surface area contributed by atoms with Crippen LogP contribution >= 0.6 is 0 Å². The number of nitrogens with zero attached hydrogens (tertiary/aromatic N) is 2. The molecular weight excluding hydrogens is 244 g/mol. The molecule has 6 heteroatoms. The lowest BCUT2D eigenvalue weighted by molar-refractivity contribution is 0.785. The predicted octanol–water partition coefficient (Wildman–Crippen LogP) is 0.935. The van der Waals surface area contributed by atoms with Crippen LogP contribution in [0.2, 0.25) is 0 Å². The molecule has 0 unspecified atom stereocenters. The van der Waals surface area contributed by atoms with Gasteiger partial charge in [-0.2, -0.15) is 0 Å². The summed E-state index contributed by atoms with van der Waals surface area (Å²) in [6.07, 6.45) is 1.70. The Labute approximate surface area is 109 Å². The van der Waals surface area contributed by atoms with Gasteiger partial charge in [0.05, 0.1) is 11.4 Å². The lowest BCUT2D eigenvalue weighted by Gasteiger charge is -2.17. The van der Waals surface area contributed by atoms with E-state index in [4.69, 9.17) is 5.73 Å². The fourth-order valence-electron chi connectivity index (χ4n) is 2.03. The molecule has 2 rings (SSSR count). The van der Waals surface area contributed by atoms with Crippen LogP contribution < -0.4 is 17.0 Å². The minimum Gasteiger partial charge on any atom is -0.385 e. The molecule has 0 amide bonds. The first-order chi connectivity index (χ1) is 8.91. The minimum atomic E-state index is -0.553. The second kappa shape index (κ2) is 4.72. The highest BCUT2D eigenvalue weighted by atomic mass is 16.2. The van der Waals surface area contributed by atoms with Gasteiger partial charge in [0.2, 0.25) is 0 Å². The molecule has 0 saturated carbocycles. The van der Waals surface area contributed by atoms with Gasteiger partial charge in [-0.1, -0.05) is 13.8 Å². The molecule has 0 aliphatic heterocycles. The SMILES string of the molecule is Cc1ccnc(C(C)C)c1-n1c(N)cc(=O)[nH]c1=O. The predicted molar refractivity (Wildman–Crippen MR) is 73.7 cm³/mol. The molecule has 19 heavy (non-hydrogen) atoms. The Morgan fingerprint density at radius 1 is 1.37 bits per heavy atom. The number of aromatic nitrogens is 3. The third-order valence-electron chi connectivity index (χ3n) is 2.90. The summed E-state index contributed by atoms with van der Waals surface area (Å²) in [6.45, 7) is 5.84. The van der Waals surface area contributed by atoms with E-state index in [1.807, 2.05) is 20.8 Å². The van der Waals surface area contributed by atoms with E-state index in [0.29, 0.717) is 5.69 Å². The van der Waals surface area contributed by atoms with E-state index >= 15 is 0 Å². The molecule has 3 N–H and O–H groups in total. The van der Waals surface area contributed by atoms with E-state index in [2.05, 4.69) is 9.97 Å². The average molecular weight is 260 g/mol. The number of anilines is 1. The van der Waals surface area contributed by atoms with Gasteiger partial charge in [0, 0.05) is 12.3 Å². The number of aromatic amines is 1. The molecule has 0 aliphatic rings.